The number of nitrogens with one attached hydrogen (secondary N) is 3. The predicted molar refractivity (Wildman–Crippen MR) is 120 cm³/mol. The maximum Gasteiger partial charge on any atom is 0.256 e. The Kier molecular flexibility index (Phi) is 4.69. The first-order chi connectivity index (χ1) is 15.1. The highest BCUT2D eigenvalue weighted by molar-refractivity contribution is 6.14. The topological polar surface area (TPSA) is 106 Å². The highest BCUT2D eigenvalue weighted by atomic mass is 16.5. The lowest BCUT2D eigenvalue weighted by Gasteiger charge is -2.27. The van der Waals surface area contributed by atoms with E-state index in [1.165, 1.54) is 6.21 Å². The van der Waals surface area contributed by atoms with E-state index in [0.717, 1.165) is 47.4 Å². The molecule has 2 aromatic carbocycles. The molecule has 2 aliphatic rings. The number of imidazole rings is 1. The van der Waals surface area contributed by atoms with Crippen LogP contribution >= 0.6 is 0 Å². The summed E-state index contributed by atoms with van der Waals surface area (Å²) in [5.41, 5.74) is 6.87. The van der Waals surface area contributed by atoms with Gasteiger partial charge >= 0.3 is 0 Å². The molecule has 2 heterocycles. The molecule has 8 nitrogen and oxygen atoms in total. The molecule has 0 unspecified atom stereocenters. The number of carbonyl (C=O) groups is 1. The zero-order valence-electron chi connectivity index (χ0n) is 17.4. The Labute approximate surface area is 179 Å². The number of amides is 1. The Bertz CT molecular complexity index is 1200. The molecule has 3 N–H and O–H groups in total. The smallest absolute Gasteiger partial charge is 0.256 e. The second-order valence-electron chi connectivity index (χ2n) is 8.17. The third kappa shape index (κ3) is 3.43. The standard InChI is InChI=1S/C23H24N6O2/c1-13-3-5-18(28-25-8-7-24)17(9-13)23(30)29-12-14-10-16(14)21(29)22-26-19-6-4-15(31-2)11-20(19)27-22/h3-9,11,14,16,21,24,28H,10,12H2,1-2H3,(H,26,27)/b24-7?,25-8-/t14-,16-,21-/m0/s1. The van der Waals surface area contributed by atoms with Gasteiger partial charge in [-0.05, 0) is 49.4 Å². The summed E-state index contributed by atoms with van der Waals surface area (Å²) in [6.45, 7) is 2.69. The molecule has 1 aliphatic heterocycles. The van der Waals surface area contributed by atoms with Gasteiger partial charge in [0, 0.05) is 18.8 Å². The van der Waals surface area contributed by atoms with Gasteiger partial charge in [-0.2, -0.15) is 5.10 Å². The van der Waals surface area contributed by atoms with E-state index < -0.39 is 0 Å². The molecule has 158 valence electrons. The van der Waals surface area contributed by atoms with Crippen molar-refractivity contribution in [2.75, 3.05) is 19.1 Å². The second-order valence-corrected chi connectivity index (χ2v) is 8.17. The molecule has 0 spiro atoms. The summed E-state index contributed by atoms with van der Waals surface area (Å²) >= 11 is 0. The van der Waals surface area contributed by atoms with Crippen LogP contribution in [0.5, 0.6) is 5.75 Å². The van der Waals surface area contributed by atoms with Gasteiger partial charge in [-0.15, -0.1) is 0 Å². The number of anilines is 1. The number of carbonyl (C=O) groups excluding carboxylic acids is 1. The number of aromatic nitrogens is 2. The molecule has 1 saturated carbocycles. The zero-order valence-corrected chi connectivity index (χ0v) is 17.4. The first-order valence-corrected chi connectivity index (χ1v) is 10.3. The molecule has 1 saturated heterocycles. The van der Waals surface area contributed by atoms with Crippen LogP contribution in [0.4, 0.5) is 5.69 Å². The van der Waals surface area contributed by atoms with Crippen LogP contribution in [0.25, 0.3) is 11.0 Å². The van der Waals surface area contributed by atoms with Gasteiger partial charge in [-0.25, -0.2) is 4.98 Å². The molecule has 1 amide bonds. The predicted octanol–water partition coefficient (Wildman–Crippen LogP) is 3.76. The van der Waals surface area contributed by atoms with E-state index in [1.54, 1.807) is 7.11 Å². The maximum absolute atomic E-state index is 13.6. The highest BCUT2D eigenvalue weighted by Crippen LogP contribution is 2.56. The number of hydrogen-bond acceptors (Lipinski definition) is 6. The van der Waals surface area contributed by atoms with Gasteiger partial charge in [-0.3, -0.25) is 10.2 Å². The van der Waals surface area contributed by atoms with Gasteiger partial charge in [0.25, 0.3) is 5.91 Å². The SMILES string of the molecule is COc1ccc2nc([C@@H]3[C@H]4C[C@H]4CN3C(=O)c3cc(C)ccc3N/N=C\C=N)[nH]c2c1. The number of methoxy groups -OCH3 is 1. The zero-order chi connectivity index (χ0) is 21.5. The van der Waals surface area contributed by atoms with Gasteiger partial charge in [0.15, 0.2) is 0 Å². The van der Waals surface area contributed by atoms with Crippen LogP contribution in [0, 0.1) is 24.2 Å². The summed E-state index contributed by atoms with van der Waals surface area (Å²) < 4.78 is 5.32. The van der Waals surface area contributed by atoms with Crippen molar-refractivity contribution >= 4 is 35.1 Å². The Hall–Kier alpha value is -3.68. The van der Waals surface area contributed by atoms with Gasteiger partial charge in [0.1, 0.15) is 11.6 Å². The van der Waals surface area contributed by atoms with Crippen molar-refractivity contribution in [3.63, 3.8) is 0 Å². The summed E-state index contributed by atoms with van der Waals surface area (Å²) in [6, 6.07) is 11.4. The van der Waals surface area contributed by atoms with E-state index in [2.05, 4.69) is 15.5 Å². The average Bonchev–Trinajstić information content (AvgIpc) is 3.24. The van der Waals surface area contributed by atoms with E-state index >= 15 is 0 Å². The average molecular weight is 416 g/mol. The first-order valence-electron chi connectivity index (χ1n) is 10.3. The van der Waals surface area contributed by atoms with E-state index in [0.29, 0.717) is 23.1 Å². The first kappa shape index (κ1) is 19.3. The summed E-state index contributed by atoms with van der Waals surface area (Å²) in [4.78, 5) is 23.8. The van der Waals surface area contributed by atoms with Crippen LogP contribution in [-0.2, 0) is 0 Å². The molecule has 0 bridgehead atoms. The van der Waals surface area contributed by atoms with Crippen molar-refractivity contribution < 1.29 is 9.53 Å². The Morgan fingerprint density at radius 3 is 3.03 bits per heavy atom. The number of hydrazone groups is 1. The van der Waals surface area contributed by atoms with Crippen LogP contribution in [-0.4, -0.2) is 46.9 Å². The molecular weight excluding hydrogens is 392 g/mol. The minimum absolute atomic E-state index is 0.0357. The number of nitrogens with zero attached hydrogens (tertiary/aromatic N) is 3. The summed E-state index contributed by atoms with van der Waals surface area (Å²) in [5, 5.41) is 11.1. The molecule has 0 radical (unpaired) electrons. The van der Waals surface area contributed by atoms with E-state index in [1.807, 2.05) is 48.2 Å². The van der Waals surface area contributed by atoms with Gasteiger partial charge in [-0.1, -0.05) is 11.6 Å². The Morgan fingerprint density at radius 2 is 2.23 bits per heavy atom. The second kappa shape index (κ2) is 7.54. The molecule has 5 rings (SSSR count). The monoisotopic (exact) mass is 416 g/mol. The molecule has 3 atom stereocenters. The van der Waals surface area contributed by atoms with Crippen LogP contribution < -0.4 is 10.2 Å². The number of aryl methyl sites for hydroxylation is 1. The lowest BCUT2D eigenvalue weighted by Crippen LogP contribution is -2.34. The molecule has 31 heavy (non-hydrogen) atoms. The van der Waals surface area contributed by atoms with Gasteiger partial charge < -0.3 is 20.0 Å². The fourth-order valence-corrected chi connectivity index (χ4v) is 4.53. The number of hydrogen-bond donors (Lipinski definition) is 3. The van der Waals surface area contributed by atoms with Crippen molar-refractivity contribution in [2.24, 2.45) is 16.9 Å². The number of benzene rings is 2. The van der Waals surface area contributed by atoms with Crippen molar-refractivity contribution in [1.82, 2.24) is 14.9 Å². The molecular formula is C23H24N6O2. The number of rotatable bonds is 6. The maximum atomic E-state index is 13.6. The number of likely N-dealkylation sites (tertiary alicyclic amines) is 1. The molecule has 1 aliphatic carbocycles. The van der Waals surface area contributed by atoms with Gasteiger partial charge in [0.05, 0.1) is 41.7 Å². The van der Waals surface area contributed by atoms with E-state index in [4.69, 9.17) is 15.1 Å². The summed E-state index contributed by atoms with van der Waals surface area (Å²) in [7, 11) is 1.64. The molecule has 2 fully saturated rings. The third-order valence-electron chi connectivity index (χ3n) is 6.14. The third-order valence-corrected chi connectivity index (χ3v) is 6.14. The minimum atomic E-state index is -0.0747. The summed E-state index contributed by atoms with van der Waals surface area (Å²) in [6.07, 6.45) is 3.55. The minimum Gasteiger partial charge on any atom is -0.497 e. The van der Waals surface area contributed by atoms with E-state index in [9.17, 15) is 4.79 Å². The van der Waals surface area contributed by atoms with Crippen molar-refractivity contribution in [1.29, 1.82) is 5.41 Å². The lowest BCUT2D eigenvalue weighted by atomic mass is 10.1. The molecule has 3 aromatic rings. The fraction of sp³-hybridized carbons (Fsp3) is 0.304. The van der Waals surface area contributed by atoms with Crippen molar-refractivity contribution in [3.8, 4) is 5.75 Å². The van der Waals surface area contributed by atoms with Crippen molar-refractivity contribution in [2.45, 2.75) is 19.4 Å². The number of fused-ring (bicyclic) bond motifs is 2. The van der Waals surface area contributed by atoms with Crippen molar-refractivity contribution in [3.05, 3.63) is 53.3 Å². The van der Waals surface area contributed by atoms with Crippen LogP contribution in [0.3, 0.4) is 0 Å². The number of H-pyrrole nitrogens is 1. The van der Waals surface area contributed by atoms with Crippen LogP contribution in [0.2, 0.25) is 0 Å². The number of aromatic amines is 1. The quantitative estimate of drug-likeness (QED) is 0.420. The Morgan fingerprint density at radius 1 is 1.35 bits per heavy atom. The van der Waals surface area contributed by atoms with E-state index in [-0.39, 0.29) is 11.9 Å². The number of ether oxygens (including phenoxy) is 1. The normalized spacial score (nSPS) is 22.0. The Balaban J connectivity index is 1.49. The lowest BCUT2D eigenvalue weighted by molar-refractivity contribution is 0.0700. The summed E-state index contributed by atoms with van der Waals surface area (Å²) in [5.74, 6) is 2.52. The molecule has 1 aromatic heterocycles. The fourth-order valence-electron chi connectivity index (χ4n) is 4.53. The van der Waals surface area contributed by atoms with Crippen LogP contribution in [0.1, 0.15) is 34.2 Å². The van der Waals surface area contributed by atoms with Gasteiger partial charge in [0.2, 0.25) is 0 Å². The van der Waals surface area contributed by atoms with Crippen LogP contribution in [0.15, 0.2) is 41.5 Å². The largest absolute Gasteiger partial charge is 0.497 e. The highest BCUT2D eigenvalue weighted by Gasteiger charge is 2.55. The number of piperidine rings is 1. The molecule has 8 heteroatoms.